The van der Waals surface area contributed by atoms with Gasteiger partial charge in [-0.25, -0.2) is 9.97 Å². The molecule has 0 aromatic carbocycles. The molecule has 19 heavy (non-hydrogen) atoms. The summed E-state index contributed by atoms with van der Waals surface area (Å²) < 4.78 is 0. The number of rotatable bonds is 3. The fourth-order valence-corrected chi connectivity index (χ4v) is 2.76. The molecule has 2 rings (SSSR count). The second-order valence-corrected chi connectivity index (χ2v) is 5.38. The van der Waals surface area contributed by atoms with Crippen LogP contribution < -0.4 is 10.2 Å². The molecule has 1 aliphatic heterocycles. The quantitative estimate of drug-likeness (QED) is 0.870. The summed E-state index contributed by atoms with van der Waals surface area (Å²) in [6, 6.07) is 0. The lowest BCUT2D eigenvalue weighted by atomic mass is 9.92. The molecule has 1 fully saturated rings. The van der Waals surface area contributed by atoms with Crippen LogP contribution in [0.25, 0.3) is 0 Å². The van der Waals surface area contributed by atoms with E-state index in [1.807, 2.05) is 20.9 Å². The minimum atomic E-state index is -0.205. The zero-order valence-electron chi connectivity index (χ0n) is 12.3. The Labute approximate surface area is 115 Å². The van der Waals surface area contributed by atoms with Crippen LogP contribution in [0.4, 0.5) is 11.6 Å². The molecule has 1 aromatic rings. The van der Waals surface area contributed by atoms with Crippen LogP contribution in [0.3, 0.4) is 0 Å². The molecule has 1 aliphatic rings. The zero-order valence-corrected chi connectivity index (χ0v) is 12.3. The Kier molecular flexibility index (Phi) is 4.24. The van der Waals surface area contributed by atoms with Gasteiger partial charge in [0.15, 0.2) is 0 Å². The molecule has 1 saturated heterocycles. The van der Waals surface area contributed by atoms with Crippen molar-refractivity contribution in [1.29, 1.82) is 0 Å². The topological polar surface area (TPSA) is 61.3 Å². The van der Waals surface area contributed by atoms with Gasteiger partial charge in [0.2, 0.25) is 0 Å². The Morgan fingerprint density at radius 3 is 2.42 bits per heavy atom. The minimum absolute atomic E-state index is 0.205. The monoisotopic (exact) mass is 264 g/mol. The van der Waals surface area contributed by atoms with Gasteiger partial charge in [0.05, 0.1) is 6.10 Å². The number of hydrogen-bond acceptors (Lipinski definition) is 5. The summed E-state index contributed by atoms with van der Waals surface area (Å²) in [5, 5.41) is 12.8. The van der Waals surface area contributed by atoms with Crippen LogP contribution in [0.5, 0.6) is 0 Å². The van der Waals surface area contributed by atoms with Crippen LogP contribution in [0, 0.1) is 19.8 Å². The Bertz CT molecular complexity index is 439. The molecule has 0 radical (unpaired) electrons. The van der Waals surface area contributed by atoms with Crippen molar-refractivity contribution in [3.63, 3.8) is 0 Å². The van der Waals surface area contributed by atoms with Gasteiger partial charge in [-0.15, -0.1) is 0 Å². The molecule has 0 saturated carbocycles. The normalized spacial score (nSPS) is 18.5. The van der Waals surface area contributed by atoms with E-state index in [-0.39, 0.29) is 6.10 Å². The Balaban J connectivity index is 2.17. The first-order chi connectivity index (χ1) is 9.02. The maximum absolute atomic E-state index is 9.66. The van der Waals surface area contributed by atoms with Crippen LogP contribution in [0.1, 0.15) is 31.2 Å². The van der Waals surface area contributed by atoms with Gasteiger partial charge in [-0.2, -0.15) is 0 Å². The number of aromatic nitrogens is 2. The van der Waals surface area contributed by atoms with E-state index in [9.17, 15) is 5.11 Å². The third-order valence-electron chi connectivity index (χ3n) is 3.99. The summed E-state index contributed by atoms with van der Waals surface area (Å²) in [6.07, 6.45) is 1.84. The van der Waals surface area contributed by atoms with Crippen molar-refractivity contribution in [2.75, 3.05) is 30.4 Å². The number of nitrogens with one attached hydrogen (secondary N) is 1. The number of anilines is 2. The minimum Gasteiger partial charge on any atom is -0.393 e. The van der Waals surface area contributed by atoms with Crippen molar-refractivity contribution >= 4 is 11.6 Å². The highest BCUT2D eigenvalue weighted by Gasteiger charge is 2.25. The van der Waals surface area contributed by atoms with Crippen molar-refractivity contribution in [2.45, 2.75) is 39.7 Å². The van der Waals surface area contributed by atoms with Gasteiger partial charge in [0, 0.05) is 25.7 Å². The summed E-state index contributed by atoms with van der Waals surface area (Å²) in [5.74, 6) is 3.15. The molecule has 5 heteroatoms. The standard InChI is InChI=1S/C14H24N4O/c1-9-13(15-4)16-11(3)17-14(9)18-7-5-12(6-8-18)10(2)19/h10,12,19H,5-8H2,1-4H3,(H,15,16,17). The summed E-state index contributed by atoms with van der Waals surface area (Å²) in [7, 11) is 1.89. The second-order valence-electron chi connectivity index (χ2n) is 5.38. The predicted octanol–water partition coefficient (Wildman–Crippen LogP) is 1.73. The molecule has 1 aromatic heterocycles. The number of aliphatic hydroxyl groups is 1. The number of nitrogens with zero attached hydrogens (tertiary/aromatic N) is 3. The molecule has 0 aliphatic carbocycles. The third kappa shape index (κ3) is 2.97. The number of piperidine rings is 1. The molecule has 5 nitrogen and oxygen atoms in total. The maximum atomic E-state index is 9.66. The molecule has 1 atom stereocenters. The van der Waals surface area contributed by atoms with E-state index in [0.717, 1.165) is 49.0 Å². The van der Waals surface area contributed by atoms with Crippen molar-refractivity contribution < 1.29 is 5.11 Å². The largest absolute Gasteiger partial charge is 0.393 e. The average Bonchev–Trinajstić information content (AvgIpc) is 2.41. The van der Waals surface area contributed by atoms with Crippen LogP contribution in [0.15, 0.2) is 0 Å². The Hall–Kier alpha value is -1.36. The number of aliphatic hydroxyl groups excluding tert-OH is 1. The van der Waals surface area contributed by atoms with Crippen LogP contribution in [-0.2, 0) is 0 Å². The molecule has 0 amide bonds. The Morgan fingerprint density at radius 1 is 1.26 bits per heavy atom. The average molecular weight is 264 g/mol. The van der Waals surface area contributed by atoms with Crippen LogP contribution >= 0.6 is 0 Å². The summed E-state index contributed by atoms with van der Waals surface area (Å²) >= 11 is 0. The first kappa shape index (κ1) is 14.1. The van der Waals surface area contributed by atoms with Crippen molar-refractivity contribution in [3.8, 4) is 0 Å². The number of hydrogen-bond donors (Lipinski definition) is 2. The fourth-order valence-electron chi connectivity index (χ4n) is 2.76. The summed E-state index contributed by atoms with van der Waals surface area (Å²) in [4.78, 5) is 11.3. The van der Waals surface area contributed by atoms with Gasteiger partial charge >= 0.3 is 0 Å². The molecule has 106 valence electrons. The molecule has 2 N–H and O–H groups in total. The van der Waals surface area contributed by atoms with E-state index in [0.29, 0.717) is 5.92 Å². The van der Waals surface area contributed by atoms with E-state index in [1.165, 1.54) is 0 Å². The molecular weight excluding hydrogens is 240 g/mol. The van der Waals surface area contributed by atoms with E-state index in [4.69, 9.17) is 0 Å². The molecule has 0 bridgehead atoms. The zero-order chi connectivity index (χ0) is 14.0. The SMILES string of the molecule is CNc1nc(C)nc(N2CCC(C(C)O)CC2)c1C. The van der Waals surface area contributed by atoms with Gasteiger partial charge in [0.25, 0.3) is 0 Å². The molecule has 2 heterocycles. The highest BCUT2D eigenvalue weighted by Crippen LogP contribution is 2.28. The molecule has 1 unspecified atom stereocenters. The first-order valence-corrected chi connectivity index (χ1v) is 6.99. The highest BCUT2D eigenvalue weighted by atomic mass is 16.3. The van der Waals surface area contributed by atoms with Gasteiger partial charge < -0.3 is 15.3 Å². The van der Waals surface area contributed by atoms with Gasteiger partial charge in [0.1, 0.15) is 17.5 Å². The second kappa shape index (κ2) is 5.74. The molecular formula is C14H24N4O. The van der Waals surface area contributed by atoms with Crippen molar-refractivity contribution in [1.82, 2.24) is 9.97 Å². The molecule has 0 spiro atoms. The lowest BCUT2D eigenvalue weighted by molar-refractivity contribution is 0.109. The van der Waals surface area contributed by atoms with E-state index in [2.05, 4.69) is 27.1 Å². The lowest BCUT2D eigenvalue weighted by Gasteiger charge is -2.35. The van der Waals surface area contributed by atoms with Crippen molar-refractivity contribution in [3.05, 3.63) is 11.4 Å². The van der Waals surface area contributed by atoms with Gasteiger partial charge in [-0.3, -0.25) is 0 Å². The van der Waals surface area contributed by atoms with E-state index in [1.54, 1.807) is 0 Å². The van der Waals surface area contributed by atoms with Gasteiger partial charge in [-0.05, 0) is 39.5 Å². The van der Waals surface area contributed by atoms with E-state index >= 15 is 0 Å². The van der Waals surface area contributed by atoms with Gasteiger partial charge in [-0.1, -0.05) is 0 Å². The lowest BCUT2D eigenvalue weighted by Crippen LogP contribution is -2.38. The van der Waals surface area contributed by atoms with E-state index < -0.39 is 0 Å². The summed E-state index contributed by atoms with van der Waals surface area (Å²) in [5.41, 5.74) is 1.10. The first-order valence-electron chi connectivity index (χ1n) is 6.99. The van der Waals surface area contributed by atoms with Crippen LogP contribution in [0.2, 0.25) is 0 Å². The number of aryl methyl sites for hydroxylation is 1. The Morgan fingerprint density at radius 2 is 1.89 bits per heavy atom. The maximum Gasteiger partial charge on any atom is 0.137 e. The fraction of sp³-hybridized carbons (Fsp3) is 0.714. The van der Waals surface area contributed by atoms with Crippen molar-refractivity contribution in [2.24, 2.45) is 5.92 Å². The third-order valence-corrected chi connectivity index (χ3v) is 3.99. The highest BCUT2D eigenvalue weighted by molar-refractivity contribution is 5.58. The smallest absolute Gasteiger partial charge is 0.137 e. The van der Waals surface area contributed by atoms with Crippen LogP contribution in [-0.4, -0.2) is 41.3 Å². The predicted molar refractivity (Wildman–Crippen MR) is 77.7 cm³/mol. The summed E-state index contributed by atoms with van der Waals surface area (Å²) in [6.45, 7) is 7.78.